The molecule has 4 heteroatoms. The fourth-order valence-corrected chi connectivity index (χ4v) is 0. The standard InChI is InChI=1S/C2H2Cl2O.BrH/c3-1-2(4)5;/h1H2;1H. The van der Waals surface area contributed by atoms with Gasteiger partial charge in [0.1, 0.15) is 0 Å². The molecule has 0 radical (unpaired) electrons. The number of rotatable bonds is 1. The molecular formula is C2H3BrCl2O. The van der Waals surface area contributed by atoms with Crippen molar-refractivity contribution in [3.05, 3.63) is 0 Å². The molecule has 0 aliphatic rings. The van der Waals surface area contributed by atoms with Gasteiger partial charge in [-0.25, -0.2) is 0 Å². The number of halogens is 3. The number of carbonyl (C=O) groups is 1. The second kappa shape index (κ2) is 5.73. The van der Waals surface area contributed by atoms with E-state index in [4.69, 9.17) is 23.2 Å². The van der Waals surface area contributed by atoms with Crippen molar-refractivity contribution in [3.63, 3.8) is 0 Å². The highest BCUT2D eigenvalue weighted by molar-refractivity contribution is 8.93. The maximum Gasteiger partial charge on any atom is 0.236 e. The van der Waals surface area contributed by atoms with Gasteiger partial charge in [-0.15, -0.1) is 28.6 Å². The summed E-state index contributed by atoms with van der Waals surface area (Å²) in [6.07, 6.45) is 0. The summed E-state index contributed by atoms with van der Waals surface area (Å²) < 4.78 is 0. The molecular weight excluding hydrogens is 191 g/mol. The molecule has 0 spiro atoms. The molecule has 1 nitrogen and oxygen atoms in total. The van der Waals surface area contributed by atoms with Crippen LogP contribution in [0.2, 0.25) is 0 Å². The third-order valence-electron chi connectivity index (χ3n) is 0.105. The Kier molecular flexibility index (Phi) is 9.43. The van der Waals surface area contributed by atoms with Crippen molar-refractivity contribution >= 4 is 45.4 Å². The number of carbonyl (C=O) groups excluding carboxylic acids is 1. The van der Waals surface area contributed by atoms with E-state index < -0.39 is 5.24 Å². The van der Waals surface area contributed by atoms with Crippen molar-refractivity contribution in [2.75, 3.05) is 5.88 Å². The zero-order valence-electron chi connectivity index (χ0n) is 2.78. The van der Waals surface area contributed by atoms with Gasteiger partial charge in [-0.3, -0.25) is 4.79 Å². The number of hydrogen-bond donors (Lipinski definition) is 0. The Morgan fingerprint density at radius 2 is 1.83 bits per heavy atom. The molecule has 0 heterocycles. The Labute approximate surface area is 56.4 Å². The van der Waals surface area contributed by atoms with Gasteiger partial charge >= 0.3 is 0 Å². The van der Waals surface area contributed by atoms with E-state index in [0.29, 0.717) is 0 Å². The van der Waals surface area contributed by atoms with Crippen LogP contribution in [0.15, 0.2) is 0 Å². The van der Waals surface area contributed by atoms with Crippen LogP contribution >= 0.6 is 40.2 Å². The maximum absolute atomic E-state index is 9.45. The zero-order valence-corrected chi connectivity index (χ0v) is 6.00. The van der Waals surface area contributed by atoms with Gasteiger partial charge in [0, 0.05) is 0 Å². The Hall–Kier alpha value is 0.730. The van der Waals surface area contributed by atoms with Gasteiger partial charge in [-0.1, -0.05) is 0 Å². The van der Waals surface area contributed by atoms with E-state index in [1.54, 1.807) is 0 Å². The van der Waals surface area contributed by atoms with Crippen molar-refractivity contribution in [2.24, 2.45) is 0 Å². The van der Waals surface area contributed by atoms with Gasteiger partial charge < -0.3 is 0 Å². The van der Waals surface area contributed by atoms with Crippen molar-refractivity contribution in [3.8, 4) is 0 Å². The summed E-state index contributed by atoms with van der Waals surface area (Å²) in [6.45, 7) is 0. The summed E-state index contributed by atoms with van der Waals surface area (Å²) in [4.78, 5) is 9.45. The number of hydrogen-bond acceptors (Lipinski definition) is 1. The molecule has 0 saturated heterocycles. The normalized spacial score (nSPS) is 6.33. The third-order valence-corrected chi connectivity index (χ3v) is 0.618. The first-order valence-corrected chi connectivity index (χ1v) is 1.93. The van der Waals surface area contributed by atoms with E-state index in [9.17, 15) is 4.79 Å². The first kappa shape index (κ1) is 9.88. The van der Waals surface area contributed by atoms with Crippen LogP contribution in [0.25, 0.3) is 0 Å². The van der Waals surface area contributed by atoms with Crippen molar-refractivity contribution < 1.29 is 4.79 Å². The predicted octanol–water partition coefficient (Wildman–Crippen LogP) is 1.57. The molecule has 0 bridgehead atoms. The van der Waals surface area contributed by atoms with Crippen LogP contribution in [0, 0.1) is 0 Å². The minimum atomic E-state index is -0.508. The van der Waals surface area contributed by atoms with Crippen LogP contribution in [-0.2, 0) is 4.79 Å². The molecule has 0 aliphatic carbocycles. The molecule has 0 rings (SSSR count). The van der Waals surface area contributed by atoms with Gasteiger partial charge in [0.15, 0.2) is 0 Å². The topological polar surface area (TPSA) is 17.1 Å². The van der Waals surface area contributed by atoms with E-state index in [-0.39, 0.29) is 22.9 Å². The van der Waals surface area contributed by atoms with Gasteiger partial charge in [-0.05, 0) is 11.6 Å². The molecule has 0 aliphatic heterocycles. The van der Waals surface area contributed by atoms with Crippen LogP contribution in [0.4, 0.5) is 0 Å². The maximum atomic E-state index is 9.45. The van der Waals surface area contributed by atoms with Crippen LogP contribution in [0.3, 0.4) is 0 Å². The molecule has 38 valence electrons. The molecule has 0 saturated carbocycles. The monoisotopic (exact) mass is 192 g/mol. The Morgan fingerprint density at radius 1 is 1.67 bits per heavy atom. The Balaban J connectivity index is 0. The van der Waals surface area contributed by atoms with Gasteiger partial charge in [0.05, 0.1) is 5.88 Å². The molecule has 0 aromatic carbocycles. The molecule has 0 amide bonds. The van der Waals surface area contributed by atoms with Crippen molar-refractivity contribution in [1.29, 1.82) is 0 Å². The second-order valence-corrected chi connectivity index (χ2v) is 1.18. The van der Waals surface area contributed by atoms with E-state index in [2.05, 4.69) is 0 Å². The highest BCUT2D eigenvalue weighted by Crippen LogP contribution is 1.80. The summed E-state index contributed by atoms with van der Waals surface area (Å²) in [7, 11) is 0. The highest BCUT2D eigenvalue weighted by Gasteiger charge is 1.83. The molecule has 0 unspecified atom stereocenters. The minimum Gasteiger partial charge on any atom is -0.280 e. The molecule has 0 N–H and O–H groups in total. The quantitative estimate of drug-likeness (QED) is 0.457. The average Bonchev–Trinajstić information content (AvgIpc) is 1.38. The van der Waals surface area contributed by atoms with Gasteiger partial charge in [0.25, 0.3) is 0 Å². The van der Waals surface area contributed by atoms with Crippen LogP contribution in [0.5, 0.6) is 0 Å². The summed E-state index contributed by atoms with van der Waals surface area (Å²) in [5.74, 6) is -0.0957. The molecule has 0 fully saturated rings. The minimum absolute atomic E-state index is 0. The predicted molar refractivity (Wildman–Crippen MR) is 31.9 cm³/mol. The van der Waals surface area contributed by atoms with Crippen LogP contribution in [-0.4, -0.2) is 11.1 Å². The van der Waals surface area contributed by atoms with Gasteiger partial charge in [0.2, 0.25) is 5.24 Å². The summed E-state index contributed by atoms with van der Waals surface area (Å²) in [5, 5.41) is -0.508. The molecule has 6 heavy (non-hydrogen) atoms. The Bertz CT molecular complexity index is 46.8. The zero-order chi connectivity index (χ0) is 4.28. The third kappa shape index (κ3) is 8.83. The summed E-state index contributed by atoms with van der Waals surface area (Å²) >= 11 is 9.55. The van der Waals surface area contributed by atoms with Crippen LogP contribution in [0.1, 0.15) is 0 Å². The van der Waals surface area contributed by atoms with E-state index >= 15 is 0 Å². The number of alkyl halides is 1. The van der Waals surface area contributed by atoms with Crippen molar-refractivity contribution in [1.82, 2.24) is 0 Å². The van der Waals surface area contributed by atoms with Gasteiger partial charge in [-0.2, -0.15) is 0 Å². The lowest BCUT2D eigenvalue weighted by Crippen LogP contribution is -1.81. The largest absolute Gasteiger partial charge is 0.280 e. The molecule has 0 aromatic heterocycles. The first-order chi connectivity index (χ1) is 2.27. The SMILES string of the molecule is Br.O=C(Cl)CCl. The second-order valence-electron chi connectivity index (χ2n) is 0.489. The average molecular weight is 194 g/mol. The summed E-state index contributed by atoms with van der Waals surface area (Å²) in [5.41, 5.74) is 0. The summed E-state index contributed by atoms with van der Waals surface area (Å²) in [6, 6.07) is 0. The lowest BCUT2D eigenvalue weighted by Gasteiger charge is -1.65. The smallest absolute Gasteiger partial charge is 0.236 e. The fraction of sp³-hybridized carbons (Fsp3) is 0.500. The van der Waals surface area contributed by atoms with E-state index in [1.165, 1.54) is 0 Å². The lowest BCUT2D eigenvalue weighted by molar-refractivity contribution is -0.109. The molecule has 0 aromatic rings. The van der Waals surface area contributed by atoms with E-state index in [0.717, 1.165) is 0 Å². The Morgan fingerprint density at radius 3 is 1.83 bits per heavy atom. The highest BCUT2D eigenvalue weighted by atomic mass is 79.9. The van der Waals surface area contributed by atoms with Crippen LogP contribution < -0.4 is 0 Å². The fourth-order valence-electron chi connectivity index (χ4n) is 0. The molecule has 0 atom stereocenters. The lowest BCUT2D eigenvalue weighted by atomic mass is 10.9. The van der Waals surface area contributed by atoms with Crippen molar-refractivity contribution in [2.45, 2.75) is 0 Å². The first-order valence-electron chi connectivity index (χ1n) is 1.01. The van der Waals surface area contributed by atoms with E-state index in [1.807, 2.05) is 0 Å².